The summed E-state index contributed by atoms with van der Waals surface area (Å²) in [5, 5.41) is 15.9. The number of aliphatic hydroxyl groups is 1. The molecule has 0 aliphatic carbocycles. The van der Waals surface area contributed by atoms with E-state index in [2.05, 4.69) is 10.4 Å². The van der Waals surface area contributed by atoms with E-state index >= 15 is 0 Å². The van der Waals surface area contributed by atoms with Crippen LogP contribution in [0.15, 0.2) is 12.3 Å². The van der Waals surface area contributed by atoms with Crippen molar-refractivity contribution in [2.75, 3.05) is 13.2 Å². The predicted molar refractivity (Wildman–Crippen MR) is 61.0 cm³/mol. The largest absolute Gasteiger partial charge is 0.435 e. The molecule has 0 spiro atoms. The lowest BCUT2D eigenvalue weighted by molar-refractivity contribution is -0.141. The van der Waals surface area contributed by atoms with E-state index in [-0.39, 0.29) is 13.2 Å². The summed E-state index contributed by atoms with van der Waals surface area (Å²) in [6, 6.07) is 0.928. The molecule has 1 rings (SSSR count). The van der Waals surface area contributed by atoms with E-state index in [1.807, 2.05) is 6.92 Å². The molecule has 0 fully saturated rings. The van der Waals surface area contributed by atoms with Gasteiger partial charge in [-0.2, -0.15) is 18.3 Å². The second-order valence-electron chi connectivity index (χ2n) is 4.54. The summed E-state index contributed by atoms with van der Waals surface area (Å²) in [5.74, 6) is 0. The smallest absolute Gasteiger partial charge is 0.394 e. The molecule has 104 valence electrons. The van der Waals surface area contributed by atoms with Gasteiger partial charge < -0.3 is 10.4 Å². The van der Waals surface area contributed by atoms with Crippen LogP contribution in [0.25, 0.3) is 0 Å². The minimum absolute atomic E-state index is 0.172. The number of alkyl halides is 3. The molecule has 1 unspecified atom stereocenters. The number of nitrogens with zero attached hydrogens (tertiary/aromatic N) is 2. The van der Waals surface area contributed by atoms with Crippen LogP contribution in [-0.2, 0) is 12.7 Å². The highest BCUT2D eigenvalue weighted by atomic mass is 19.4. The van der Waals surface area contributed by atoms with Gasteiger partial charge in [-0.15, -0.1) is 0 Å². The van der Waals surface area contributed by atoms with Crippen molar-refractivity contribution in [3.8, 4) is 0 Å². The standard InChI is InChI=1S/C11H18F3N3O/c1-3-5-15-10(2,8-18)7-17-6-4-9(16-17)11(12,13)14/h4,6,15,18H,3,5,7-8H2,1-2H3. The fourth-order valence-corrected chi connectivity index (χ4v) is 1.55. The third-order valence-corrected chi connectivity index (χ3v) is 2.59. The Morgan fingerprint density at radius 2 is 2.11 bits per heavy atom. The van der Waals surface area contributed by atoms with E-state index in [0.29, 0.717) is 6.54 Å². The Hall–Kier alpha value is -1.08. The van der Waals surface area contributed by atoms with Gasteiger partial charge in [-0.3, -0.25) is 4.68 Å². The van der Waals surface area contributed by atoms with E-state index in [1.54, 1.807) is 6.92 Å². The van der Waals surface area contributed by atoms with Crippen molar-refractivity contribution in [1.29, 1.82) is 0 Å². The molecule has 4 nitrogen and oxygen atoms in total. The molecule has 0 bridgehead atoms. The molecule has 0 saturated heterocycles. The molecule has 0 aliphatic heterocycles. The molecule has 0 aromatic carbocycles. The van der Waals surface area contributed by atoms with Crippen LogP contribution in [0.4, 0.5) is 13.2 Å². The summed E-state index contributed by atoms with van der Waals surface area (Å²) >= 11 is 0. The third-order valence-electron chi connectivity index (χ3n) is 2.59. The van der Waals surface area contributed by atoms with E-state index in [0.717, 1.165) is 12.5 Å². The van der Waals surface area contributed by atoms with Crippen LogP contribution in [0, 0.1) is 0 Å². The summed E-state index contributed by atoms with van der Waals surface area (Å²) in [4.78, 5) is 0. The highest BCUT2D eigenvalue weighted by Gasteiger charge is 2.34. The quantitative estimate of drug-likeness (QED) is 0.822. The summed E-state index contributed by atoms with van der Waals surface area (Å²) in [6.45, 7) is 4.41. The van der Waals surface area contributed by atoms with Crippen molar-refractivity contribution < 1.29 is 18.3 Å². The molecule has 0 saturated carbocycles. The van der Waals surface area contributed by atoms with Crippen molar-refractivity contribution in [2.45, 2.75) is 38.5 Å². The Labute approximate surface area is 104 Å². The molecule has 0 amide bonds. The van der Waals surface area contributed by atoms with Gasteiger partial charge in [-0.1, -0.05) is 6.92 Å². The average Bonchev–Trinajstić information content (AvgIpc) is 2.74. The van der Waals surface area contributed by atoms with E-state index in [9.17, 15) is 18.3 Å². The Morgan fingerprint density at radius 1 is 1.44 bits per heavy atom. The first-order valence-electron chi connectivity index (χ1n) is 5.77. The maximum atomic E-state index is 12.4. The summed E-state index contributed by atoms with van der Waals surface area (Å²) in [5.41, 5.74) is -1.59. The highest BCUT2D eigenvalue weighted by Crippen LogP contribution is 2.27. The summed E-state index contributed by atoms with van der Waals surface area (Å²) < 4.78 is 38.3. The van der Waals surface area contributed by atoms with Crippen LogP contribution in [-0.4, -0.2) is 33.6 Å². The monoisotopic (exact) mass is 265 g/mol. The molecular formula is C11H18F3N3O. The zero-order valence-electron chi connectivity index (χ0n) is 10.5. The van der Waals surface area contributed by atoms with Crippen LogP contribution in [0.5, 0.6) is 0 Å². The minimum Gasteiger partial charge on any atom is -0.394 e. The van der Waals surface area contributed by atoms with Crippen molar-refractivity contribution in [3.05, 3.63) is 18.0 Å². The maximum Gasteiger partial charge on any atom is 0.435 e. The van der Waals surface area contributed by atoms with Gasteiger partial charge in [-0.05, 0) is 26.0 Å². The van der Waals surface area contributed by atoms with E-state index < -0.39 is 17.4 Å². The van der Waals surface area contributed by atoms with Gasteiger partial charge in [0.15, 0.2) is 5.69 Å². The van der Waals surface area contributed by atoms with Gasteiger partial charge in [0.1, 0.15) is 0 Å². The first kappa shape index (κ1) is 15.0. The van der Waals surface area contributed by atoms with E-state index in [1.165, 1.54) is 10.9 Å². The van der Waals surface area contributed by atoms with Crippen LogP contribution in [0.2, 0.25) is 0 Å². The second-order valence-corrected chi connectivity index (χ2v) is 4.54. The zero-order valence-corrected chi connectivity index (χ0v) is 10.5. The van der Waals surface area contributed by atoms with Crippen LogP contribution >= 0.6 is 0 Å². The number of hydrogen-bond acceptors (Lipinski definition) is 3. The van der Waals surface area contributed by atoms with Crippen molar-refractivity contribution in [1.82, 2.24) is 15.1 Å². The number of rotatable bonds is 6. The summed E-state index contributed by atoms with van der Waals surface area (Å²) in [7, 11) is 0. The minimum atomic E-state index is -4.43. The summed E-state index contributed by atoms with van der Waals surface area (Å²) in [6.07, 6.45) is -2.29. The molecule has 18 heavy (non-hydrogen) atoms. The molecule has 0 radical (unpaired) electrons. The van der Waals surface area contributed by atoms with Gasteiger partial charge in [0.25, 0.3) is 0 Å². The SMILES string of the molecule is CCCNC(C)(CO)Cn1ccc(C(F)(F)F)n1. The molecule has 1 heterocycles. The zero-order chi connectivity index (χ0) is 13.8. The molecule has 1 aromatic heterocycles. The lowest BCUT2D eigenvalue weighted by Gasteiger charge is -2.28. The Kier molecular flexibility index (Phi) is 4.75. The van der Waals surface area contributed by atoms with Crippen molar-refractivity contribution in [3.63, 3.8) is 0 Å². The fourth-order valence-electron chi connectivity index (χ4n) is 1.55. The van der Waals surface area contributed by atoms with Gasteiger partial charge in [-0.25, -0.2) is 0 Å². The normalized spacial score (nSPS) is 15.7. The molecule has 7 heteroatoms. The number of aromatic nitrogens is 2. The molecular weight excluding hydrogens is 247 g/mol. The van der Waals surface area contributed by atoms with Crippen LogP contribution in [0.1, 0.15) is 26.0 Å². The lowest BCUT2D eigenvalue weighted by Crippen LogP contribution is -2.49. The fraction of sp³-hybridized carbons (Fsp3) is 0.727. The van der Waals surface area contributed by atoms with Crippen LogP contribution in [0.3, 0.4) is 0 Å². The average molecular weight is 265 g/mol. The highest BCUT2D eigenvalue weighted by molar-refractivity contribution is 5.03. The second kappa shape index (κ2) is 5.71. The lowest BCUT2D eigenvalue weighted by atomic mass is 10.0. The number of nitrogens with one attached hydrogen (secondary N) is 1. The topological polar surface area (TPSA) is 50.1 Å². The predicted octanol–water partition coefficient (Wildman–Crippen LogP) is 1.65. The Morgan fingerprint density at radius 3 is 2.56 bits per heavy atom. The van der Waals surface area contributed by atoms with Gasteiger partial charge in [0, 0.05) is 6.20 Å². The van der Waals surface area contributed by atoms with Crippen LogP contribution < -0.4 is 5.32 Å². The van der Waals surface area contributed by atoms with Gasteiger partial charge in [0.2, 0.25) is 0 Å². The number of aliphatic hydroxyl groups excluding tert-OH is 1. The van der Waals surface area contributed by atoms with Crippen molar-refractivity contribution >= 4 is 0 Å². The van der Waals surface area contributed by atoms with Gasteiger partial charge in [0.05, 0.1) is 18.7 Å². The molecule has 2 N–H and O–H groups in total. The maximum absolute atomic E-state index is 12.4. The number of halogens is 3. The molecule has 1 aromatic rings. The van der Waals surface area contributed by atoms with Gasteiger partial charge >= 0.3 is 6.18 Å². The first-order chi connectivity index (χ1) is 8.30. The Balaban J connectivity index is 2.73. The molecule has 1 atom stereocenters. The van der Waals surface area contributed by atoms with Crippen molar-refractivity contribution in [2.24, 2.45) is 0 Å². The molecule has 0 aliphatic rings. The third kappa shape index (κ3) is 3.99. The Bertz CT molecular complexity index is 378. The number of hydrogen-bond donors (Lipinski definition) is 2. The van der Waals surface area contributed by atoms with E-state index in [4.69, 9.17) is 0 Å². The first-order valence-corrected chi connectivity index (χ1v) is 5.77.